The number of hydrogen-bond acceptors (Lipinski definition) is 5. The lowest BCUT2D eigenvalue weighted by Gasteiger charge is -2.44. The zero-order chi connectivity index (χ0) is 23.5. The predicted molar refractivity (Wildman–Crippen MR) is 124 cm³/mol. The molecule has 8 heteroatoms. The van der Waals surface area contributed by atoms with E-state index in [0.29, 0.717) is 37.3 Å². The first kappa shape index (κ1) is 22.7. The van der Waals surface area contributed by atoms with Crippen LogP contribution in [-0.2, 0) is 9.53 Å². The van der Waals surface area contributed by atoms with Crippen molar-refractivity contribution in [1.29, 1.82) is 0 Å². The highest BCUT2D eigenvalue weighted by Crippen LogP contribution is 2.39. The molecule has 1 aliphatic carbocycles. The van der Waals surface area contributed by atoms with E-state index in [4.69, 9.17) is 9.15 Å². The van der Waals surface area contributed by atoms with E-state index in [1.165, 1.54) is 12.7 Å². The molecule has 3 aliphatic rings. The van der Waals surface area contributed by atoms with Gasteiger partial charge in [-0.1, -0.05) is 37.5 Å². The lowest BCUT2D eigenvalue weighted by molar-refractivity contribution is -0.129. The van der Waals surface area contributed by atoms with Gasteiger partial charge in [-0.15, -0.1) is 0 Å². The molecule has 1 aromatic heterocycles. The fraction of sp³-hybridized carbons (Fsp3) is 0.500. The highest BCUT2D eigenvalue weighted by atomic mass is 16.5. The Labute approximate surface area is 199 Å². The van der Waals surface area contributed by atoms with Crippen LogP contribution in [0.15, 0.2) is 53.1 Å². The molecule has 1 N–H and O–H groups in total. The number of likely N-dealkylation sites (tertiary alicyclic amines) is 1. The van der Waals surface area contributed by atoms with E-state index in [1.807, 2.05) is 18.2 Å². The second-order valence-corrected chi connectivity index (χ2v) is 9.43. The van der Waals surface area contributed by atoms with Crippen molar-refractivity contribution in [1.82, 2.24) is 15.1 Å². The topological polar surface area (TPSA) is 92.1 Å². The number of carbonyl (C=O) groups is 3. The molecule has 3 heterocycles. The molecular formula is C26H31N3O5. The van der Waals surface area contributed by atoms with E-state index in [0.717, 1.165) is 25.7 Å². The summed E-state index contributed by atoms with van der Waals surface area (Å²) in [7, 11) is 0. The third kappa shape index (κ3) is 4.34. The maximum absolute atomic E-state index is 13.7. The lowest BCUT2D eigenvalue weighted by atomic mass is 9.94. The number of furan rings is 1. The number of piperidine rings is 1. The van der Waals surface area contributed by atoms with E-state index in [-0.39, 0.29) is 30.4 Å². The average molecular weight is 466 g/mol. The Kier molecular flexibility index (Phi) is 6.41. The monoisotopic (exact) mass is 465 g/mol. The van der Waals surface area contributed by atoms with Crippen LogP contribution in [0.4, 0.5) is 0 Å². The standard InChI is InChI=1S/C26H31N3O5/c30-23(27-20-10-5-2-6-11-20)21-18-34-26(29(21)24(31)19-8-3-1-4-9-19)13-15-28(16-14-26)25(32)22-12-7-17-33-22/h1,3-4,7-9,12,17,20-21H,2,5-6,10-11,13-16,18H2,(H,27,30). The number of carbonyl (C=O) groups excluding carboxylic acids is 3. The van der Waals surface area contributed by atoms with E-state index in [1.54, 1.807) is 34.1 Å². The highest BCUT2D eigenvalue weighted by molar-refractivity contribution is 5.98. The fourth-order valence-corrected chi connectivity index (χ4v) is 5.45. The summed E-state index contributed by atoms with van der Waals surface area (Å²) in [4.78, 5) is 43.2. The summed E-state index contributed by atoms with van der Waals surface area (Å²) < 4.78 is 11.5. The van der Waals surface area contributed by atoms with Crippen LogP contribution >= 0.6 is 0 Å². The number of benzene rings is 1. The van der Waals surface area contributed by atoms with Crippen molar-refractivity contribution in [2.75, 3.05) is 19.7 Å². The molecule has 2 saturated heterocycles. The van der Waals surface area contributed by atoms with Crippen molar-refractivity contribution in [2.45, 2.75) is 62.8 Å². The van der Waals surface area contributed by atoms with E-state index in [9.17, 15) is 14.4 Å². The van der Waals surface area contributed by atoms with Gasteiger partial charge in [0.15, 0.2) is 5.76 Å². The van der Waals surface area contributed by atoms with Crippen LogP contribution in [0.5, 0.6) is 0 Å². The van der Waals surface area contributed by atoms with E-state index >= 15 is 0 Å². The minimum Gasteiger partial charge on any atom is -0.459 e. The molecule has 1 aromatic carbocycles. The SMILES string of the molecule is O=C(NC1CCCCC1)C1COC2(CCN(C(=O)c3ccco3)CC2)N1C(=O)c1ccccc1. The third-order valence-electron chi connectivity index (χ3n) is 7.32. The smallest absolute Gasteiger partial charge is 0.289 e. The first-order valence-electron chi connectivity index (χ1n) is 12.2. The van der Waals surface area contributed by atoms with Crippen molar-refractivity contribution in [3.63, 3.8) is 0 Å². The molecule has 1 spiro atoms. The third-order valence-corrected chi connectivity index (χ3v) is 7.32. The van der Waals surface area contributed by atoms with Crippen LogP contribution in [-0.4, -0.2) is 65.0 Å². The van der Waals surface area contributed by atoms with Gasteiger partial charge in [0.1, 0.15) is 11.8 Å². The van der Waals surface area contributed by atoms with Gasteiger partial charge < -0.3 is 19.4 Å². The molecule has 1 saturated carbocycles. The number of hydrogen-bond donors (Lipinski definition) is 1. The maximum atomic E-state index is 13.7. The van der Waals surface area contributed by atoms with Crippen molar-refractivity contribution in [3.05, 3.63) is 60.1 Å². The van der Waals surface area contributed by atoms with Gasteiger partial charge in [-0.3, -0.25) is 19.3 Å². The van der Waals surface area contributed by atoms with Gasteiger partial charge in [0.25, 0.3) is 11.8 Å². The van der Waals surface area contributed by atoms with Crippen molar-refractivity contribution >= 4 is 17.7 Å². The Morgan fingerprint density at radius 2 is 1.65 bits per heavy atom. The van der Waals surface area contributed by atoms with E-state index < -0.39 is 11.8 Å². The predicted octanol–water partition coefficient (Wildman–Crippen LogP) is 3.20. The van der Waals surface area contributed by atoms with Gasteiger partial charge in [-0.05, 0) is 37.1 Å². The summed E-state index contributed by atoms with van der Waals surface area (Å²) >= 11 is 0. The first-order valence-corrected chi connectivity index (χ1v) is 12.2. The molecule has 180 valence electrons. The Balaban J connectivity index is 1.36. The Morgan fingerprint density at radius 3 is 2.32 bits per heavy atom. The lowest BCUT2D eigenvalue weighted by Crippen LogP contribution is -2.60. The number of ether oxygens (including phenoxy) is 1. The summed E-state index contributed by atoms with van der Waals surface area (Å²) in [6, 6.07) is 11.8. The number of nitrogens with zero attached hydrogens (tertiary/aromatic N) is 2. The van der Waals surface area contributed by atoms with Crippen LogP contribution in [0.2, 0.25) is 0 Å². The van der Waals surface area contributed by atoms with Crippen LogP contribution in [0.3, 0.4) is 0 Å². The minimum atomic E-state index is -0.915. The second-order valence-electron chi connectivity index (χ2n) is 9.43. The molecule has 0 radical (unpaired) electrons. The molecule has 3 amide bonds. The molecule has 3 fully saturated rings. The van der Waals surface area contributed by atoms with Gasteiger partial charge >= 0.3 is 0 Å². The van der Waals surface area contributed by atoms with Gasteiger partial charge in [0.2, 0.25) is 5.91 Å². The quantitative estimate of drug-likeness (QED) is 0.749. The Morgan fingerprint density at radius 1 is 0.912 bits per heavy atom. The zero-order valence-corrected chi connectivity index (χ0v) is 19.3. The summed E-state index contributed by atoms with van der Waals surface area (Å²) in [5, 5.41) is 3.17. The molecule has 1 unspecified atom stereocenters. The van der Waals surface area contributed by atoms with Gasteiger partial charge in [-0.2, -0.15) is 0 Å². The normalized spacial score (nSPS) is 22.6. The fourth-order valence-electron chi connectivity index (χ4n) is 5.45. The minimum absolute atomic E-state index is 0.151. The summed E-state index contributed by atoms with van der Waals surface area (Å²) in [5.74, 6) is -0.245. The summed E-state index contributed by atoms with van der Waals surface area (Å²) in [6.45, 7) is 0.980. The van der Waals surface area contributed by atoms with E-state index in [2.05, 4.69) is 5.32 Å². The molecule has 2 aromatic rings. The number of rotatable bonds is 4. The van der Waals surface area contributed by atoms with Crippen molar-refractivity contribution in [3.8, 4) is 0 Å². The summed E-state index contributed by atoms with van der Waals surface area (Å²) in [6.07, 6.45) is 7.73. The van der Waals surface area contributed by atoms with Crippen molar-refractivity contribution in [2.24, 2.45) is 0 Å². The number of nitrogens with one attached hydrogen (secondary N) is 1. The second kappa shape index (κ2) is 9.62. The van der Waals surface area contributed by atoms with Crippen LogP contribution in [0.25, 0.3) is 0 Å². The molecule has 5 rings (SSSR count). The molecular weight excluding hydrogens is 434 g/mol. The van der Waals surface area contributed by atoms with Crippen LogP contribution in [0, 0.1) is 0 Å². The summed E-state index contributed by atoms with van der Waals surface area (Å²) in [5.41, 5.74) is -0.390. The molecule has 2 aliphatic heterocycles. The average Bonchev–Trinajstić information content (AvgIpc) is 3.54. The Hall–Kier alpha value is -3.13. The van der Waals surface area contributed by atoms with Gasteiger partial charge in [0.05, 0.1) is 12.9 Å². The van der Waals surface area contributed by atoms with Crippen LogP contribution < -0.4 is 5.32 Å². The van der Waals surface area contributed by atoms with Crippen molar-refractivity contribution < 1.29 is 23.5 Å². The molecule has 34 heavy (non-hydrogen) atoms. The molecule has 0 bridgehead atoms. The first-order chi connectivity index (χ1) is 16.6. The Bertz CT molecular complexity index is 1010. The number of amides is 3. The van der Waals surface area contributed by atoms with Crippen LogP contribution in [0.1, 0.15) is 65.9 Å². The maximum Gasteiger partial charge on any atom is 0.289 e. The molecule has 8 nitrogen and oxygen atoms in total. The zero-order valence-electron chi connectivity index (χ0n) is 19.3. The molecule has 1 atom stereocenters. The highest BCUT2D eigenvalue weighted by Gasteiger charge is 2.54. The van der Waals surface area contributed by atoms with Gasteiger partial charge in [-0.25, -0.2) is 0 Å². The largest absolute Gasteiger partial charge is 0.459 e. The van der Waals surface area contributed by atoms with Gasteiger partial charge in [0, 0.05) is 37.5 Å².